The van der Waals surface area contributed by atoms with Crippen LogP contribution < -0.4 is 5.11 Å². The van der Waals surface area contributed by atoms with Crippen LogP contribution in [0.1, 0.15) is 181 Å². The van der Waals surface area contributed by atoms with Gasteiger partial charge in [-0.05, 0) is 103 Å². The molecule has 2 atom stereocenters. The largest absolute Gasteiger partial charge is 0.545 e. The zero-order valence-electron chi connectivity index (χ0n) is 46.4. The highest BCUT2D eigenvalue weighted by Gasteiger charge is 2.21. The highest BCUT2D eigenvalue weighted by Crippen LogP contribution is 2.12. The van der Waals surface area contributed by atoms with E-state index < -0.39 is 24.3 Å². The predicted octanol–water partition coefficient (Wildman–Crippen LogP) is 15.1. The summed E-state index contributed by atoms with van der Waals surface area (Å²) in [5.41, 5.74) is 0. The van der Waals surface area contributed by atoms with Crippen LogP contribution in [0.5, 0.6) is 0 Å². The summed E-state index contributed by atoms with van der Waals surface area (Å²) in [6.07, 6.45) is 75.1. The summed E-state index contributed by atoms with van der Waals surface area (Å²) in [7, 11) is 5.88. The molecule has 0 aromatic heterocycles. The van der Waals surface area contributed by atoms with Crippen molar-refractivity contribution in [2.24, 2.45) is 0 Å². The van der Waals surface area contributed by atoms with E-state index in [2.05, 4.69) is 160 Å². The lowest BCUT2D eigenvalue weighted by molar-refractivity contribution is -0.870. The Morgan fingerprint density at radius 2 is 0.781 bits per heavy atom. The molecule has 9 nitrogen and oxygen atoms in total. The molecule has 0 rings (SSSR count). The molecule has 0 aliphatic carbocycles. The Bertz CT molecular complexity index is 1700. The lowest BCUT2D eigenvalue weighted by atomic mass is 10.1. The van der Waals surface area contributed by atoms with Gasteiger partial charge in [-0.15, -0.1) is 0 Å². The minimum absolute atomic E-state index is 0.136. The Hall–Kier alpha value is -4.83. The lowest BCUT2D eigenvalue weighted by Gasteiger charge is -2.26. The van der Waals surface area contributed by atoms with Crippen LogP contribution in [0, 0.1) is 0 Å². The highest BCUT2D eigenvalue weighted by molar-refractivity contribution is 5.70. The molecule has 0 radical (unpaired) electrons. The third kappa shape index (κ3) is 54.8. The summed E-state index contributed by atoms with van der Waals surface area (Å²) in [6, 6.07) is 0. The predicted molar refractivity (Wildman–Crippen MR) is 306 cm³/mol. The van der Waals surface area contributed by atoms with E-state index in [0.29, 0.717) is 17.4 Å². The number of hydrogen-bond acceptors (Lipinski definition) is 8. The molecule has 2 unspecified atom stereocenters. The van der Waals surface area contributed by atoms with Gasteiger partial charge in [0.1, 0.15) is 13.2 Å². The van der Waals surface area contributed by atoms with Crippen LogP contribution in [0.15, 0.2) is 146 Å². The third-order valence-corrected chi connectivity index (χ3v) is 11.1. The number of hydrogen-bond donors (Lipinski definition) is 0. The second-order valence-corrected chi connectivity index (χ2v) is 19.1. The third-order valence-electron chi connectivity index (χ3n) is 11.1. The number of carbonyl (C=O) groups is 3. The highest BCUT2D eigenvalue weighted by atomic mass is 16.7. The maximum Gasteiger partial charge on any atom is 0.306 e. The first-order valence-corrected chi connectivity index (χ1v) is 28.0. The van der Waals surface area contributed by atoms with Crippen LogP contribution in [0.2, 0.25) is 0 Å². The molecule has 0 fully saturated rings. The van der Waals surface area contributed by atoms with Crippen LogP contribution in [0.3, 0.4) is 0 Å². The van der Waals surface area contributed by atoms with Crippen molar-refractivity contribution in [2.75, 3.05) is 47.5 Å². The van der Waals surface area contributed by atoms with E-state index >= 15 is 0 Å². The van der Waals surface area contributed by atoms with E-state index in [-0.39, 0.29) is 38.6 Å². The molecule has 0 aliphatic heterocycles. The van der Waals surface area contributed by atoms with Gasteiger partial charge in [0.05, 0.1) is 40.3 Å². The number of nitrogens with zero attached hydrogens (tertiary/aromatic N) is 1. The molecule has 0 aromatic carbocycles. The van der Waals surface area contributed by atoms with E-state index in [4.69, 9.17) is 18.9 Å². The van der Waals surface area contributed by atoms with Crippen molar-refractivity contribution >= 4 is 17.9 Å². The Kier molecular flexibility index (Phi) is 49.9. The van der Waals surface area contributed by atoms with Gasteiger partial charge in [0.25, 0.3) is 0 Å². The first kappa shape index (κ1) is 68.2. The molecule has 9 heteroatoms. The molecule has 0 spiro atoms. The molecule has 0 saturated heterocycles. The van der Waals surface area contributed by atoms with Gasteiger partial charge in [-0.2, -0.15) is 0 Å². The number of esters is 2. The Labute approximate surface area is 445 Å². The number of ether oxygens (including phenoxy) is 4. The minimum Gasteiger partial charge on any atom is -0.545 e. The Balaban J connectivity index is 4.15. The quantitative estimate of drug-likeness (QED) is 0.0195. The van der Waals surface area contributed by atoms with E-state index in [1.54, 1.807) is 0 Å². The fourth-order valence-corrected chi connectivity index (χ4v) is 6.81. The summed E-state index contributed by atoms with van der Waals surface area (Å²) in [5.74, 6) is -2.35. The van der Waals surface area contributed by atoms with Crippen molar-refractivity contribution < 1.29 is 42.9 Å². The van der Waals surface area contributed by atoms with Crippen molar-refractivity contribution in [1.29, 1.82) is 0 Å². The second-order valence-electron chi connectivity index (χ2n) is 19.1. The van der Waals surface area contributed by atoms with Crippen LogP contribution in [0.25, 0.3) is 0 Å². The summed E-state index contributed by atoms with van der Waals surface area (Å²) in [5, 5.41) is 11.7. The molecule has 73 heavy (non-hydrogen) atoms. The van der Waals surface area contributed by atoms with Gasteiger partial charge in [0, 0.05) is 12.8 Å². The van der Waals surface area contributed by atoms with Crippen LogP contribution >= 0.6 is 0 Å². The summed E-state index contributed by atoms with van der Waals surface area (Å²) in [6.45, 7) is 4.51. The van der Waals surface area contributed by atoms with Gasteiger partial charge in [0.2, 0.25) is 0 Å². The van der Waals surface area contributed by atoms with Crippen molar-refractivity contribution in [3.8, 4) is 0 Å². The molecule has 0 bridgehead atoms. The average Bonchev–Trinajstić information content (AvgIpc) is 3.36. The normalized spacial score (nSPS) is 13.9. The van der Waals surface area contributed by atoms with Gasteiger partial charge in [0.15, 0.2) is 12.4 Å². The van der Waals surface area contributed by atoms with E-state index in [1.165, 1.54) is 19.3 Å². The first-order chi connectivity index (χ1) is 35.6. The van der Waals surface area contributed by atoms with Crippen LogP contribution in [0.4, 0.5) is 0 Å². The van der Waals surface area contributed by atoms with E-state index in [1.807, 2.05) is 21.1 Å². The van der Waals surface area contributed by atoms with Crippen molar-refractivity contribution in [3.05, 3.63) is 146 Å². The van der Waals surface area contributed by atoms with Gasteiger partial charge in [-0.3, -0.25) is 9.59 Å². The Morgan fingerprint density at radius 3 is 1.16 bits per heavy atom. The summed E-state index contributed by atoms with van der Waals surface area (Å²) >= 11 is 0. The smallest absolute Gasteiger partial charge is 0.306 e. The number of quaternary nitrogens is 1. The van der Waals surface area contributed by atoms with Crippen molar-refractivity contribution in [2.45, 2.75) is 193 Å². The molecule has 0 amide bonds. The SMILES string of the molecule is CC/C=C\C/C=C\C/C=C\C/C=C\C/C=C\C/C=C\C/C=C\C/C=C\C/C=C\C/C=C\C/C=C\C/C=C\CCCCCCC(=O)OC(COC(=O)CCCCCCCCC)COC(OCC[N+](C)(C)C)C(=O)[O-]. The number of carboxylic acids is 1. The fraction of sp³-hybridized carbons (Fsp3) is 0.578. The molecule has 0 aromatic rings. The molecular weight excluding hydrogens is 911 g/mol. The van der Waals surface area contributed by atoms with Gasteiger partial charge >= 0.3 is 11.9 Å². The topological polar surface area (TPSA) is 111 Å². The number of allylic oxidation sites excluding steroid dienone is 24. The fourth-order valence-electron chi connectivity index (χ4n) is 6.81. The Morgan fingerprint density at radius 1 is 0.425 bits per heavy atom. The maximum absolute atomic E-state index is 12.8. The molecule has 410 valence electrons. The first-order valence-electron chi connectivity index (χ1n) is 28.0. The van der Waals surface area contributed by atoms with Crippen LogP contribution in [-0.2, 0) is 33.3 Å². The van der Waals surface area contributed by atoms with Gasteiger partial charge in [-0.25, -0.2) is 0 Å². The van der Waals surface area contributed by atoms with Crippen LogP contribution in [-0.4, -0.2) is 82.3 Å². The second kappa shape index (κ2) is 53.5. The number of rotatable bonds is 49. The molecule has 0 saturated carbocycles. The van der Waals surface area contributed by atoms with Gasteiger partial charge in [-0.1, -0.05) is 211 Å². The number of carbonyl (C=O) groups excluding carboxylic acids is 3. The minimum atomic E-state index is -1.63. The van der Waals surface area contributed by atoms with Gasteiger partial charge < -0.3 is 33.3 Å². The maximum atomic E-state index is 12.8. The number of aliphatic carboxylic acids is 1. The molecule has 0 aliphatic rings. The summed E-state index contributed by atoms with van der Waals surface area (Å²) in [4.78, 5) is 36.9. The average molecular weight is 1010 g/mol. The van der Waals surface area contributed by atoms with E-state index in [0.717, 1.165) is 128 Å². The van der Waals surface area contributed by atoms with Crippen molar-refractivity contribution in [1.82, 2.24) is 0 Å². The van der Waals surface area contributed by atoms with E-state index in [9.17, 15) is 19.5 Å². The monoisotopic (exact) mass is 1010 g/mol. The zero-order chi connectivity index (χ0) is 53.4. The number of unbranched alkanes of at least 4 members (excludes halogenated alkanes) is 10. The zero-order valence-corrected chi connectivity index (χ0v) is 46.4. The molecular formula is C64H101NO8. The standard InChI is InChI=1S/C64H101NO8/c1-6-8-10-12-14-15-16-17-18-19-20-21-22-23-24-25-26-27-28-29-30-31-32-33-34-35-36-37-38-39-40-41-42-43-44-45-46-47-49-51-53-55-62(67)73-60(58-71-61(66)54-52-50-48-13-11-9-7-2)59-72-64(63(68)69)70-57-56-65(3,4)5/h8,10,14-15,17-18,20-21,23-24,26-27,29-30,32-33,35-36,38-39,41-42,44-45,60,64H,6-7,9,11-13,16,19,22,25,28,31,34,37,40,43,46-59H2,1-5H3/b10-8-,15-14-,18-17-,21-20-,24-23-,27-26-,30-29-,33-32-,36-35-,39-38-,42-41-,45-44-. The van der Waals surface area contributed by atoms with Crippen molar-refractivity contribution in [3.63, 3.8) is 0 Å². The molecule has 0 heterocycles. The number of likely N-dealkylation sites (N-methyl/N-ethyl adjacent to an activating group) is 1. The summed E-state index contributed by atoms with van der Waals surface area (Å²) < 4.78 is 22.5. The molecule has 0 N–H and O–H groups in total. The number of carboxylic acid groups (broad SMARTS) is 1. The lowest BCUT2D eigenvalue weighted by Crippen LogP contribution is -2.44.